The van der Waals surface area contributed by atoms with E-state index in [-0.39, 0.29) is 0 Å². The van der Waals surface area contributed by atoms with Crippen LogP contribution in [0, 0.1) is 22.7 Å². The largest absolute Gasteiger partial charge is 0.454 e. The molecule has 38 heavy (non-hydrogen) atoms. The Balaban J connectivity index is 1.64. The number of nitrogens with zero attached hydrogens (tertiary/aromatic N) is 3. The Morgan fingerprint density at radius 2 is 0.947 bits per heavy atom. The molecule has 0 bridgehead atoms. The molecule has 0 spiro atoms. The lowest BCUT2D eigenvalue weighted by Crippen LogP contribution is -2.12. The number of nitriles is 2. The van der Waals surface area contributed by atoms with E-state index in [2.05, 4.69) is 35.2 Å². The summed E-state index contributed by atoms with van der Waals surface area (Å²) >= 11 is 0. The molecule has 0 amide bonds. The zero-order chi connectivity index (χ0) is 25.6. The van der Waals surface area contributed by atoms with E-state index in [0.29, 0.717) is 11.1 Å². The lowest BCUT2D eigenvalue weighted by atomic mass is 9.99. The van der Waals surface area contributed by atoms with Gasteiger partial charge in [-0.3, -0.25) is 0 Å². The van der Waals surface area contributed by atoms with Gasteiger partial charge in [0.25, 0.3) is 0 Å². The van der Waals surface area contributed by atoms with E-state index in [0.717, 1.165) is 60.5 Å². The average molecular weight is 486 g/mol. The monoisotopic (exact) mass is 485 g/mol. The average Bonchev–Trinajstić information content (AvgIpc) is 3.37. The van der Waals surface area contributed by atoms with Gasteiger partial charge in [0.05, 0.1) is 40.3 Å². The van der Waals surface area contributed by atoms with Crippen molar-refractivity contribution in [2.75, 3.05) is 4.90 Å². The number of hydrogen-bond donors (Lipinski definition) is 0. The first-order valence-corrected chi connectivity index (χ1v) is 12.3. The molecule has 0 atom stereocenters. The Morgan fingerprint density at radius 1 is 0.447 bits per heavy atom. The quantitative estimate of drug-likeness (QED) is 0.250. The lowest BCUT2D eigenvalue weighted by molar-refractivity contribution is 0.669. The Bertz CT molecular complexity index is 2030. The number of benzene rings is 6. The second-order valence-electron chi connectivity index (χ2n) is 9.17. The van der Waals surface area contributed by atoms with Crippen LogP contribution in [0.5, 0.6) is 0 Å². The summed E-state index contributed by atoms with van der Waals surface area (Å²) in [6.07, 6.45) is 0. The summed E-state index contributed by atoms with van der Waals surface area (Å²) in [5.74, 6) is 0. The fourth-order valence-electron chi connectivity index (χ4n) is 5.45. The standard InChI is InChI=1S/C34H19N3O/c35-20-22-16-18-30(26-10-3-1-8-24(22)26)37(31-19-17-23(21-36)25-9-2-4-11-27(25)31)32-14-7-13-29-28-12-5-6-15-33(28)38-34(29)32/h1-19H. The molecule has 0 saturated carbocycles. The van der Waals surface area contributed by atoms with Crippen LogP contribution in [0.1, 0.15) is 11.1 Å². The predicted molar refractivity (Wildman–Crippen MR) is 153 cm³/mol. The van der Waals surface area contributed by atoms with Crippen molar-refractivity contribution in [1.29, 1.82) is 10.5 Å². The molecule has 0 radical (unpaired) electrons. The Hall–Kier alpha value is -5.58. The lowest BCUT2D eigenvalue weighted by Gasteiger charge is -2.28. The number of rotatable bonds is 3. The number of furan rings is 1. The molecule has 4 heteroatoms. The maximum absolute atomic E-state index is 9.81. The molecule has 7 aromatic rings. The summed E-state index contributed by atoms with van der Waals surface area (Å²) in [4.78, 5) is 2.19. The van der Waals surface area contributed by atoms with Crippen LogP contribution in [-0.2, 0) is 0 Å². The van der Waals surface area contributed by atoms with Crippen molar-refractivity contribution in [2.24, 2.45) is 0 Å². The second-order valence-corrected chi connectivity index (χ2v) is 9.17. The second kappa shape index (κ2) is 8.52. The summed E-state index contributed by atoms with van der Waals surface area (Å²) in [5, 5.41) is 25.4. The van der Waals surface area contributed by atoms with Crippen molar-refractivity contribution in [3.63, 3.8) is 0 Å². The molecule has 176 valence electrons. The highest BCUT2D eigenvalue weighted by molar-refractivity contribution is 6.14. The Morgan fingerprint density at radius 3 is 1.53 bits per heavy atom. The van der Waals surface area contributed by atoms with Crippen LogP contribution in [-0.4, -0.2) is 0 Å². The highest BCUT2D eigenvalue weighted by Gasteiger charge is 2.23. The Kier molecular flexibility index (Phi) is 4.86. The van der Waals surface area contributed by atoms with Crippen LogP contribution in [0.25, 0.3) is 43.5 Å². The highest BCUT2D eigenvalue weighted by atomic mass is 16.3. The molecule has 0 fully saturated rings. The van der Waals surface area contributed by atoms with E-state index in [1.165, 1.54) is 0 Å². The number of hydrogen-bond acceptors (Lipinski definition) is 4. The van der Waals surface area contributed by atoms with Crippen molar-refractivity contribution in [1.82, 2.24) is 0 Å². The number of fused-ring (bicyclic) bond motifs is 5. The SMILES string of the molecule is N#Cc1ccc(N(c2ccc(C#N)c3ccccc23)c2cccc3c2oc2ccccc23)c2ccccc12. The van der Waals surface area contributed by atoms with Crippen LogP contribution in [0.3, 0.4) is 0 Å². The van der Waals surface area contributed by atoms with Crippen molar-refractivity contribution in [3.8, 4) is 12.1 Å². The smallest absolute Gasteiger partial charge is 0.159 e. The molecule has 4 nitrogen and oxygen atoms in total. The van der Waals surface area contributed by atoms with Gasteiger partial charge in [-0.25, -0.2) is 0 Å². The fourth-order valence-corrected chi connectivity index (χ4v) is 5.45. The number of anilines is 3. The number of para-hydroxylation sites is 2. The van der Waals surface area contributed by atoms with E-state index >= 15 is 0 Å². The molecule has 7 rings (SSSR count). The van der Waals surface area contributed by atoms with Crippen molar-refractivity contribution in [3.05, 3.63) is 126 Å². The first kappa shape index (κ1) is 21.7. The van der Waals surface area contributed by atoms with E-state index in [1.807, 2.05) is 97.1 Å². The predicted octanol–water partition coefficient (Wildman–Crippen LogP) is 9.11. The molecule has 0 aliphatic heterocycles. The first-order chi connectivity index (χ1) is 18.8. The molecule has 0 saturated heterocycles. The summed E-state index contributed by atoms with van der Waals surface area (Å²) in [7, 11) is 0. The van der Waals surface area contributed by atoms with Crippen molar-refractivity contribution in [2.45, 2.75) is 0 Å². The van der Waals surface area contributed by atoms with Gasteiger partial charge in [-0.2, -0.15) is 10.5 Å². The molecule has 0 aliphatic rings. The molecular formula is C34H19N3O. The van der Waals surface area contributed by atoms with E-state index in [4.69, 9.17) is 4.42 Å². The molecule has 1 heterocycles. The van der Waals surface area contributed by atoms with Gasteiger partial charge in [0, 0.05) is 32.3 Å². The van der Waals surface area contributed by atoms with Gasteiger partial charge in [0.2, 0.25) is 0 Å². The van der Waals surface area contributed by atoms with Crippen molar-refractivity contribution < 1.29 is 4.42 Å². The highest BCUT2D eigenvalue weighted by Crippen LogP contribution is 2.46. The van der Waals surface area contributed by atoms with Crippen LogP contribution in [0.4, 0.5) is 17.1 Å². The molecule has 6 aromatic carbocycles. The normalized spacial score (nSPS) is 11.1. The Labute approximate surface area is 218 Å². The summed E-state index contributed by atoms with van der Waals surface area (Å²) < 4.78 is 6.48. The molecule has 0 unspecified atom stereocenters. The van der Waals surface area contributed by atoms with Gasteiger partial charge < -0.3 is 9.32 Å². The van der Waals surface area contributed by atoms with Gasteiger partial charge in [0.15, 0.2) is 5.58 Å². The van der Waals surface area contributed by atoms with Crippen LogP contribution in [0.2, 0.25) is 0 Å². The molecular weight excluding hydrogens is 466 g/mol. The van der Waals surface area contributed by atoms with E-state index in [9.17, 15) is 10.5 Å². The van der Waals surface area contributed by atoms with E-state index in [1.54, 1.807) is 0 Å². The summed E-state index contributed by atoms with van der Waals surface area (Å²) in [6, 6.07) is 42.6. The van der Waals surface area contributed by atoms with Crippen molar-refractivity contribution >= 4 is 60.5 Å². The summed E-state index contributed by atoms with van der Waals surface area (Å²) in [5.41, 5.74) is 5.56. The fraction of sp³-hybridized carbons (Fsp3) is 0. The van der Waals surface area contributed by atoms with Gasteiger partial charge in [0.1, 0.15) is 5.58 Å². The maximum Gasteiger partial charge on any atom is 0.159 e. The van der Waals surface area contributed by atoms with E-state index < -0.39 is 0 Å². The maximum atomic E-state index is 9.81. The molecule has 0 aliphatic carbocycles. The third-order valence-electron chi connectivity index (χ3n) is 7.15. The molecule has 0 N–H and O–H groups in total. The minimum atomic E-state index is 0.621. The first-order valence-electron chi connectivity index (χ1n) is 12.3. The van der Waals surface area contributed by atoms with Crippen LogP contribution >= 0.6 is 0 Å². The van der Waals surface area contributed by atoms with Crippen LogP contribution < -0.4 is 4.90 Å². The van der Waals surface area contributed by atoms with Gasteiger partial charge >= 0.3 is 0 Å². The van der Waals surface area contributed by atoms with Gasteiger partial charge in [-0.15, -0.1) is 0 Å². The third kappa shape index (κ3) is 3.15. The zero-order valence-electron chi connectivity index (χ0n) is 20.2. The minimum absolute atomic E-state index is 0.621. The minimum Gasteiger partial charge on any atom is -0.454 e. The third-order valence-corrected chi connectivity index (χ3v) is 7.15. The van der Waals surface area contributed by atoms with Gasteiger partial charge in [-0.05, 0) is 36.4 Å². The molecule has 1 aromatic heterocycles. The van der Waals surface area contributed by atoms with Gasteiger partial charge in [-0.1, -0.05) is 78.9 Å². The summed E-state index contributed by atoms with van der Waals surface area (Å²) in [6.45, 7) is 0. The van der Waals surface area contributed by atoms with Crippen LogP contribution in [0.15, 0.2) is 120 Å². The zero-order valence-corrected chi connectivity index (χ0v) is 20.2. The topological polar surface area (TPSA) is 64.0 Å².